The summed E-state index contributed by atoms with van der Waals surface area (Å²) in [6, 6.07) is 12.6. The maximum absolute atomic E-state index is 13.4. The van der Waals surface area contributed by atoms with Gasteiger partial charge in [-0.2, -0.15) is 0 Å². The lowest BCUT2D eigenvalue weighted by Crippen LogP contribution is -2.57. The number of carbonyl (C=O) groups is 4. The number of nitrogens with zero attached hydrogens (tertiary/aromatic N) is 3. The number of hydrogen-bond acceptors (Lipinski definition) is 7. The largest absolute Gasteiger partial charge is 0.489 e. The minimum atomic E-state index is -0.954. The molecular formula is C32H42N4O7. The average Bonchev–Trinajstić information content (AvgIpc) is 3.25. The number of piperazine rings is 1. The van der Waals surface area contributed by atoms with Crippen molar-refractivity contribution in [2.75, 3.05) is 13.1 Å². The fourth-order valence-electron chi connectivity index (χ4n) is 5.70. The summed E-state index contributed by atoms with van der Waals surface area (Å²) in [6.07, 6.45) is -0.867. The second-order valence-electron chi connectivity index (χ2n) is 12.4. The zero-order valence-corrected chi connectivity index (χ0v) is 25.5. The molecule has 3 N–H and O–H groups in total. The van der Waals surface area contributed by atoms with Gasteiger partial charge in [0, 0.05) is 49.3 Å². The lowest BCUT2D eigenvalue weighted by Gasteiger charge is -2.43. The van der Waals surface area contributed by atoms with E-state index in [1.807, 2.05) is 38.1 Å². The van der Waals surface area contributed by atoms with Gasteiger partial charge in [0.1, 0.15) is 24.0 Å². The first-order valence-electron chi connectivity index (χ1n) is 14.6. The molecule has 3 unspecified atom stereocenters. The van der Waals surface area contributed by atoms with Gasteiger partial charge in [-0.3, -0.25) is 14.5 Å². The molecule has 2 aromatic carbocycles. The van der Waals surface area contributed by atoms with Crippen LogP contribution >= 0.6 is 0 Å². The Hall–Kier alpha value is -4.12. The Labute approximate surface area is 252 Å². The van der Waals surface area contributed by atoms with Crippen LogP contribution in [0.1, 0.15) is 74.5 Å². The predicted molar refractivity (Wildman–Crippen MR) is 159 cm³/mol. The molecule has 3 amide bonds. The molecular weight excluding hydrogens is 552 g/mol. The van der Waals surface area contributed by atoms with E-state index in [-0.39, 0.29) is 44.0 Å². The molecule has 0 spiro atoms. The second-order valence-corrected chi connectivity index (χ2v) is 12.4. The van der Waals surface area contributed by atoms with Gasteiger partial charge in [0.25, 0.3) is 5.91 Å². The highest BCUT2D eigenvalue weighted by Crippen LogP contribution is 2.34. The van der Waals surface area contributed by atoms with Gasteiger partial charge in [-0.15, -0.1) is 0 Å². The van der Waals surface area contributed by atoms with Crippen molar-refractivity contribution < 1.29 is 33.8 Å². The fraction of sp³-hybridized carbons (Fsp3) is 0.500. The van der Waals surface area contributed by atoms with Crippen molar-refractivity contribution >= 4 is 23.9 Å². The van der Waals surface area contributed by atoms with Crippen LogP contribution in [-0.2, 0) is 34.0 Å². The Morgan fingerprint density at radius 3 is 2.23 bits per heavy atom. The fourth-order valence-corrected chi connectivity index (χ4v) is 5.70. The lowest BCUT2D eigenvalue weighted by atomic mass is 10.1. The minimum Gasteiger partial charge on any atom is -0.489 e. The summed E-state index contributed by atoms with van der Waals surface area (Å²) in [5, 5.41) is 9.36. The molecule has 11 heteroatoms. The summed E-state index contributed by atoms with van der Waals surface area (Å²) in [5.41, 5.74) is 7.80. The van der Waals surface area contributed by atoms with Gasteiger partial charge in [0.05, 0.1) is 6.54 Å². The van der Waals surface area contributed by atoms with Crippen molar-refractivity contribution in [3.05, 3.63) is 64.7 Å². The van der Waals surface area contributed by atoms with Gasteiger partial charge in [0.15, 0.2) is 0 Å². The van der Waals surface area contributed by atoms with E-state index >= 15 is 0 Å². The van der Waals surface area contributed by atoms with E-state index in [9.17, 15) is 24.3 Å². The number of primary amides is 1. The molecule has 232 valence electrons. The third kappa shape index (κ3) is 7.84. The van der Waals surface area contributed by atoms with Crippen LogP contribution in [0.25, 0.3) is 0 Å². The number of nitrogens with two attached hydrogens (primary N) is 1. The Bertz CT molecular complexity index is 1340. The third-order valence-corrected chi connectivity index (χ3v) is 7.83. The van der Waals surface area contributed by atoms with Gasteiger partial charge < -0.3 is 30.1 Å². The number of benzene rings is 2. The SMILES string of the molecule is CC1CN(C(=O)O)CC(C)N1Cc1ccc(COc2cccc3c2CN(C(CCC(N)=O)C(=O)OC(C)(C)C)C3=O)cc1. The average molecular weight is 595 g/mol. The molecule has 0 aliphatic carbocycles. The number of amides is 3. The van der Waals surface area contributed by atoms with E-state index in [0.29, 0.717) is 30.0 Å². The molecule has 0 saturated carbocycles. The highest BCUT2D eigenvalue weighted by atomic mass is 16.6. The highest BCUT2D eigenvalue weighted by Gasteiger charge is 2.40. The molecule has 2 heterocycles. The second kappa shape index (κ2) is 13.0. The van der Waals surface area contributed by atoms with Gasteiger partial charge in [-0.05, 0) is 64.3 Å². The molecule has 2 aliphatic rings. The van der Waals surface area contributed by atoms with Crippen molar-refractivity contribution in [3.63, 3.8) is 0 Å². The molecule has 11 nitrogen and oxygen atoms in total. The molecule has 0 radical (unpaired) electrons. The van der Waals surface area contributed by atoms with Crippen LogP contribution in [0.4, 0.5) is 4.79 Å². The smallest absolute Gasteiger partial charge is 0.407 e. The van der Waals surface area contributed by atoms with Crippen LogP contribution in [0.3, 0.4) is 0 Å². The van der Waals surface area contributed by atoms with E-state index in [0.717, 1.165) is 17.7 Å². The molecule has 2 aliphatic heterocycles. The maximum Gasteiger partial charge on any atom is 0.407 e. The van der Waals surface area contributed by atoms with E-state index in [1.165, 1.54) is 9.80 Å². The van der Waals surface area contributed by atoms with Crippen molar-refractivity contribution in [2.24, 2.45) is 5.73 Å². The quantitative estimate of drug-likeness (QED) is 0.396. The van der Waals surface area contributed by atoms with E-state index in [2.05, 4.69) is 4.90 Å². The van der Waals surface area contributed by atoms with Gasteiger partial charge in [0.2, 0.25) is 5.91 Å². The van der Waals surface area contributed by atoms with Crippen LogP contribution in [-0.4, -0.2) is 80.5 Å². The molecule has 1 fully saturated rings. The summed E-state index contributed by atoms with van der Waals surface area (Å²) in [6.45, 7) is 11.5. The number of hydrogen-bond donors (Lipinski definition) is 2. The van der Waals surface area contributed by atoms with Crippen molar-refractivity contribution in [3.8, 4) is 5.75 Å². The van der Waals surface area contributed by atoms with E-state index < -0.39 is 29.6 Å². The first-order valence-corrected chi connectivity index (χ1v) is 14.6. The first kappa shape index (κ1) is 31.8. The zero-order valence-electron chi connectivity index (χ0n) is 25.5. The van der Waals surface area contributed by atoms with Crippen LogP contribution in [0.5, 0.6) is 5.75 Å². The van der Waals surface area contributed by atoms with Crippen molar-refractivity contribution in [1.29, 1.82) is 0 Å². The number of esters is 1. The van der Waals surface area contributed by atoms with Crippen LogP contribution < -0.4 is 10.5 Å². The van der Waals surface area contributed by atoms with Gasteiger partial charge >= 0.3 is 12.1 Å². The molecule has 1 saturated heterocycles. The number of fused-ring (bicyclic) bond motifs is 1. The molecule has 43 heavy (non-hydrogen) atoms. The minimum absolute atomic E-state index is 0.0558. The summed E-state index contributed by atoms with van der Waals surface area (Å²) in [4.78, 5) is 54.6. The highest BCUT2D eigenvalue weighted by molar-refractivity contribution is 6.01. The van der Waals surface area contributed by atoms with Crippen molar-refractivity contribution in [2.45, 2.75) is 90.9 Å². The lowest BCUT2D eigenvalue weighted by molar-refractivity contribution is -0.160. The maximum atomic E-state index is 13.4. The van der Waals surface area contributed by atoms with Crippen molar-refractivity contribution in [1.82, 2.24) is 14.7 Å². The van der Waals surface area contributed by atoms with Crippen LogP contribution in [0.2, 0.25) is 0 Å². The zero-order chi connectivity index (χ0) is 31.5. The standard InChI is InChI=1S/C32H42N4O7/c1-20-15-34(31(40)41)16-21(2)35(20)17-22-9-11-23(12-10-22)19-42-27-8-6-7-24-25(27)18-36(29(24)38)26(13-14-28(33)37)30(39)43-32(3,4)5/h6-12,20-21,26H,13-19H2,1-5H3,(H2,33,37)(H,40,41). The normalized spacial score (nSPS) is 19.6. The summed E-state index contributed by atoms with van der Waals surface area (Å²) < 4.78 is 11.7. The number of carbonyl (C=O) groups excluding carboxylic acids is 3. The van der Waals surface area contributed by atoms with E-state index in [4.69, 9.17) is 15.2 Å². The molecule has 0 aromatic heterocycles. The van der Waals surface area contributed by atoms with Crippen LogP contribution in [0, 0.1) is 0 Å². The number of carboxylic acid groups (broad SMARTS) is 1. The van der Waals surface area contributed by atoms with Gasteiger partial charge in [-0.1, -0.05) is 30.3 Å². The summed E-state index contributed by atoms with van der Waals surface area (Å²) in [7, 11) is 0. The Kier molecular flexibility index (Phi) is 9.64. The van der Waals surface area contributed by atoms with Crippen LogP contribution in [0.15, 0.2) is 42.5 Å². The monoisotopic (exact) mass is 594 g/mol. The molecule has 3 atom stereocenters. The Morgan fingerprint density at radius 2 is 1.65 bits per heavy atom. The topological polar surface area (TPSA) is 143 Å². The van der Waals surface area contributed by atoms with E-state index in [1.54, 1.807) is 39.0 Å². The van der Waals surface area contributed by atoms with Gasteiger partial charge in [-0.25, -0.2) is 9.59 Å². The first-order chi connectivity index (χ1) is 20.2. The summed E-state index contributed by atoms with van der Waals surface area (Å²) in [5.74, 6) is -0.908. The predicted octanol–water partition coefficient (Wildman–Crippen LogP) is 3.77. The molecule has 2 aromatic rings. The molecule has 0 bridgehead atoms. The number of rotatable bonds is 10. The third-order valence-electron chi connectivity index (χ3n) is 7.83. The molecule has 4 rings (SSSR count). The Morgan fingerprint density at radius 1 is 1.02 bits per heavy atom. The number of ether oxygens (including phenoxy) is 2. The Balaban J connectivity index is 1.42. The summed E-state index contributed by atoms with van der Waals surface area (Å²) >= 11 is 0.